The summed E-state index contributed by atoms with van der Waals surface area (Å²) in [4.78, 5) is 3.63. The fourth-order valence-corrected chi connectivity index (χ4v) is 3.29. The second kappa shape index (κ2) is 5.15. The molecule has 2 aromatic rings. The Kier molecular flexibility index (Phi) is 3.79. The molecule has 0 atom stereocenters. The summed E-state index contributed by atoms with van der Waals surface area (Å²) in [5.41, 5.74) is 5.27. The molecular formula is C8H6F2N4S3. The van der Waals surface area contributed by atoms with E-state index in [1.807, 2.05) is 6.26 Å². The first-order valence-electron chi connectivity index (χ1n) is 4.27. The van der Waals surface area contributed by atoms with E-state index < -0.39 is 11.6 Å². The van der Waals surface area contributed by atoms with Crippen molar-refractivity contribution >= 4 is 40.7 Å². The van der Waals surface area contributed by atoms with E-state index in [1.165, 1.54) is 23.1 Å². The number of hydrogen-bond acceptors (Lipinski definition) is 7. The zero-order valence-corrected chi connectivity index (χ0v) is 10.9. The highest BCUT2D eigenvalue weighted by molar-refractivity contribution is 8.02. The molecule has 0 fully saturated rings. The number of rotatable bonds is 3. The second-order valence-electron chi connectivity index (χ2n) is 2.78. The lowest BCUT2D eigenvalue weighted by Gasteiger charge is -2.01. The summed E-state index contributed by atoms with van der Waals surface area (Å²) in [6.07, 6.45) is 1.86. The molecule has 0 aromatic carbocycles. The Bertz CT molecular complexity index is 546. The van der Waals surface area contributed by atoms with E-state index in [0.717, 1.165) is 16.1 Å². The van der Waals surface area contributed by atoms with Crippen molar-refractivity contribution in [3.8, 4) is 0 Å². The van der Waals surface area contributed by atoms with Crippen molar-refractivity contribution in [3.63, 3.8) is 0 Å². The number of halogens is 2. The van der Waals surface area contributed by atoms with Crippen LogP contribution in [0.2, 0.25) is 0 Å². The molecule has 0 bridgehead atoms. The molecule has 2 N–H and O–H groups in total. The number of nitrogens with two attached hydrogens (primary N) is 1. The number of anilines is 1. The van der Waals surface area contributed by atoms with Gasteiger partial charge in [-0.15, -0.1) is 10.2 Å². The Labute approximate surface area is 108 Å². The molecule has 2 aromatic heterocycles. The summed E-state index contributed by atoms with van der Waals surface area (Å²) in [5, 5.41) is 7.69. The van der Waals surface area contributed by atoms with Gasteiger partial charge < -0.3 is 5.73 Å². The van der Waals surface area contributed by atoms with Crippen LogP contribution in [0, 0.1) is 11.6 Å². The topological polar surface area (TPSA) is 64.7 Å². The summed E-state index contributed by atoms with van der Waals surface area (Å²) in [6.45, 7) is 0. The Morgan fingerprint density at radius 2 is 1.94 bits per heavy atom. The second-order valence-corrected chi connectivity index (χ2v) is 6.05. The van der Waals surface area contributed by atoms with Crippen LogP contribution in [0.4, 0.5) is 14.6 Å². The van der Waals surface area contributed by atoms with E-state index in [0.29, 0.717) is 10.4 Å². The molecule has 90 valence electrons. The van der Waals surface area contributed by atoms with Crippen molar-refractivity contribution in [2.24, 2.45) is 0 Å². The van der Waals surface area contributed by atoms with Crippen molar-refractivity contribution in [1.29, 1.82) is 0 Å². The summed E-state index contributed by atoms with van der Waals surface area (Å²) >= 11 is 3.72. The van der Waals surface area contributed by atoms with Crippen LogP contribution in [0.5, 0.6) is 0 Å². The third-order valence-corrected chi connectivity index (χ3v) is 4.60. The zero-order valence-electron chi connectivity index (χ0n) is 8.48. The number of aromatic nitrogens is 3. The van der Waals surface area contributed by atoms with Crippen LogP contribution in [0.25, 0.3) is 0 Å². The summed E-state index contributed by atoms with van der Waals surface area (Å²) in [6, 6.07) is 0.710. The minimum Gasteiger partial charge on any atom is -0.381 e. The maximum absolute atomic E-state index is 13.4. The van der Waals surface area contributed by atoms with Gasteiger partial charge in [-0.1, -0.05) is 23.1 Å². The van der Waals surface area contributed by atoms with Gasteiger partial charge in [0.25, 0.3) is 0 Å². The third kappa shape index (κ3) is 2.85. The van der Waals surface area contributed by atoms with Gasteiger partial charge in [0.15, 0.2) is 26.1 Å². The van der Waals surface area contributed by atoms with E-state index in [1.54, 1.807) is 0 Å². The van der Waals surface area contributed by atoms with Gasteiger partial charge >= 0.3 is 0 Å². The van der Waals surface area contributed by atoms with Gasteiger partial charge in [0.2, 0.25) is 0 Å². The highest BCUT2D eigenvalue weighted by Crippen LogP contribution is 2.33. The number of pyridine rings is 1. The Hall–Kier alpha value is -0.930. The molecule has 17 heavy (non-hydrogen) atoms. The van der Waals surface area contributed by atoms with Crippen LogP contribution in [0.15, 0.2) is 19.8 Å². The van der Waals surface area contributed by atoms with E-state index >= 15 is 0 Å². The van der Waals surface area contributed by atoms with Gasteiger partial charge in [0.05, 0.1) is 0 Å². The van der Waals surface area contributed by atoms with Crippen molar-refractivity contribution < 1.29 is 8.78 Å². The van der Waals surface area contributed by atoms with Crippen LogP contribution >= 0.6 is 34.9 Å². The van der Waals surface area contributed by atoms with Crippen LogP contribution in [-0.2, 0) is 0 Å². The van der Waals surface area contributed by atoms with E-state index in [2.05, 4.69) is 15.2 Å². The lowest BCUT2D eigenvalue weighted by molar-refractivity contribution is 0.552. The normalized spacial score (nSPS) is 10.8. The average Bonchev–Trinajstić information content (AvgIpc) is 2.73. The maximum Gasteiger partial charge on any atom is 0.181 e. The predicted octanol–water partition coefficient (Wildman–Crippen LogP) is 2.67. The van der Waals surface area contributed by atoms with Gasteiger partial charge in [0.1, 0.15) is 5.03 Å². The molecule has 0 spiro atoms. The van der Waals surface area contributed by atoms with Gasteiger partial charge in [-0.25, -0.2) is 13.8 Å². The Morgan fingerprint density at radius 3 is 2.59 bits per heavy atom. The molecule has 0 saturated heterocycles. The predicted molar refractivity (Wildman–Crippen MR) is 64.4 cm³/mol. The van der Waals surface area contributed by atoms with Crippen LogP contribution in [-0.4, -0.2) is 21.4 Å². The largest absolute Gasteiger partial charge is 0.381 e. The van der Waals surface area contributed by atoms with Crippen molar-refractivity contribution in [3.05, 3.63) is 17.7 Å². The molecule has 0 unspecified atom stereocenters. The summed E-state index contributed by atoms with van der Waals surface area (Å²) in [5.74, 6) is -1.96. The van der Waals surface area contributed by atoms with Crippen molar-refractivity contribution in [2.75, 3.05) is 12.0 Å². The molecule has 4 nitrogen and oxygen atoms in total. The average molecular weight is 292 g/mol. The first-order valence-corrected chi connectivity index (χ1v) is 7.13. The van der Waals surface area contributed by atoms with Gasteiger partial charge in [-0.3, -0.25) is 0 Å². The number of nitrogen functional groups attached to an aromatic ring is 1. The van der Waals surface area contributed by atoms with Crippen molar-refractivity contribution in [1.82, 2.24) is 15.2 Å². The van der Waals surface area contributed by atoms with E-state index in [-0.39, 0.29) is 10.8 Å². The molecule has 2 rings (SSSR count). The summed E-state index contributed by atoms with van der Waals surface area (Å²) < 4.78 is 27.6. The molecule has 0 aliphatic carbocycles. The molecule has 0 aliphatic heterocycles. The van der Waals surface area contributed by atoms with E-state index in [4.69, 9.17) is 5.73 Å². The highest BCUT2D eigenvalue weighted by Gasteiger charge is 2.13. The quantitative estimate of drug-likeness (QED) is 0.877. The zero-order chi connectivity index (χ0) is 12.4. The van der Waals surface area contributed by atoms with Crippen LogP contribution < -0.4 is 5.73 Å². The van der Waals surface area contributed by atoms with Gasteiger partial charge in [0, 0.05) is 6.07 Å². The Morgan fingerprint density at radius 1 is 1.24 bits per heavy atom. The number of nitrogens with zero attached hydrogens (tertiary/aromatic N) is 3. The fraction of sp³-hybridized carbons (Fsp3) is 0.125. The smallest absolute Gasteiger partial charge is 0.181 e. The van der Waals surface area contributed by atoms with Crippen molar-refractivity contribution in [2.45, 2.75) is 13.7 Å². The molecule has 2 heterocycles. The highest BCUT2D eigenvalue weighted by atomic mass is 32.2. The lowest BCUT2D eigenvalue weighted by Crippen LogP contribution is -1.98. The first kappa shape index (κ1) is 12.5. The molecule has 0 saturated carbocycles. The molecular weight excluding hydrogens is 286 g/mol. The monoisotopic (exact) mass is 292 g/mol. The first-order chi connectivity index (χ1) is 8.10. The summed E-state index contributed by atoms with van der Waals surface area (Å²) in [7, 11) is 0. The standard InChI is InChI=1S/C8H6F2N4S3/c1-15-7-13-14-8(17-7)16-6-4(10)2-3(9)5(11)12-6/h2H,1H3,(H2,11,12). The van der Waals surface area contributed by atoms with E-state index in [9.17, 15) is 8.78 Å². The van der Waals surface area contributed by atoms with Crippen LogP contribution in [0.3, 0.4) is 0 Å². The minimum absolute atomic E-state index is 0.00676. The molecule has 0 aliphatic rings. The SMILES string of the molecule is CSc1nnc(Sc2nc(N)c(F)cc2F)s1. The lowest BCUT2D eigenvalue weighted by atomic mass is 10.4. The Balaban J connectivity index is 2.26. The van der Waals surface area contributed by atoms with Gasteiger partial charge in [-0.05, 0) is 18.0 Å². The molecule has 0 amide bonds. The number of hydrogen-bond donors (Lipinski definition) is 1. The molecule has 9 heteroatoms. The maximum atomic E-state index is 13.4. The van der Waals surface area contributed by atoms with Crippen LogP contribution in [0.1, 0.15) is 0 Å². The number of thioether (sulfide) groups is 1. The fourth-order valence-electron chi connectivity index (χ4n) is 0.938. The third-order valence-electron chi connectivity index (χ3n) is 1.67. The molecule has 0 radical (unpaired) electrons. The van der Waals surface area contributed by atoms with Gasteiger partial charge in [-0.2, -0.15) is 0 Å². The minimum atomic E-state index is -0.867.